The quantitative estimate of drug-likeness (QED) is 0.255. The van der Waals surface area contributed by atoms with Crippen LogP contribution in [-0.2, 0) is 16.4 Å². The van der Waals surface area contributed by atoms with Crippen LogP contribution in [0.25, 0.3) is 10.9 Å². The van der Waals surface area contributed by atoms with Crippen LogP contribution in [0.15, 0.2) is 77.8 Å². The predicted octanol–water partition coefficient (Wildman–Crippen LogP) is 5.23. The molecule has 0 amide bonds. The molecule has 194 valence electrons. The molecule has 3 N–H and O–H groups in total. The third-order valence-corrected chi connectivity index (χ3v) is 8.52. The van der Waals surface area contributed by atoms with Crippen LogP contribution in [0.2, 0.25) is 5.02 Å². The molecule has 0 aliphatic carbocycles. The van der Waals surface area contributed by atoms with Crippen LogP contribution in [0.5, 0.6) is 0 Å². The first-order valence-electron chi connectivity index (χ1n) is 12.5. The van der Waals surface area contributed by atoms with Gasteiger partial charge in [0.25, 0.3) is 0 Å². The zero-order valence-electron chi connectivity index (χ0n) is 20.9. The average molecular weight is 538 g/mol. The number of benzene rings is 3. The van der Waals surface area contributed by atoms with Gasteiger partial charge in [-0.3, -0.25) is 0 Å². The molecule has 4 aromatic rings. The second kappa shape index (κ2) is 11.1. The number of hydrogen-bond donors (Lipinski definition) is 3. The van der Waals surface area contributed by atoms with Gasteiger partial charge < -0.3 is 20.1 Å². The monoisotopic (exact) mass is 537 g/mol. The van der Waals surface area contributed by atoms with E-state index in [9.17, 15) is 8.42 Å². The van der Waals surface area contributed by atoms with Gasteiger partial charge in [0.2, 0.25) is 10.0 Å². The summed E-state index contributed by atoms with van der Waals surface area (Å²) < 4.78 is 28.3. The van der Waals surface area contributed by atoms with Gasteiger partial charge in [-0.1, -0.05) is 17.7 Å². The number of rotatable bonds is 9. The summed E-state index contributed by atoms with van der Waals surface area (Å²) in [6.45, 7) is 4.49. The number of aromatic nitrogens is 1. The van der Waals surface area contributed by atoms with Crippen LogP contribution >= 0.6 is 11.6 Å². The van der Waals surface area contributed by atoms with Gasteiger partial charge in [0.15, 0.2) is 0 Å². The fraction of sp³-hybridized carbons (Fsp3) is 0.286. The van der Waals surface area contributed by atoms with E-state index < -0.39 is 10.0 Å². The molecule has 0 saturated carbocycles. The van der Waals surface area contributed by atoms with Crippen molar-refractivity contribution in [2.24, 2.45) is 0 Å². The lowest BCUT2D eigenvalue weighted by molar-refractivity contribution is 0.313. The largest absolute Gasteiger partial charge is 0.369 e. The first-order valence-corrected chi connectivity index (χ1v) is 14.4. The Kier molecular flexibility index (Phi) is 7.71. The number of nitrogens with one attached hydrogen (secondary N) is 3. The Labute approximate surface area is 223 Å². The van der Waals surface area contributed by atoms with Gasteiger partial charge in [0, 0.05) is 71.9 Å². The minimum absolute atomic E-state index is 0.253. The number of aromatic amines is 1. The molecule has 1 aliphatic heterocycles. The van der Waals surface area contributed by atoms with Gasteiger partial charge in [-0.25, -0.2) is 13.1 Å². The molecule has 37 heavy (non-hydrogen) atoms. The molecule has 0 spiro atoms. The van der Waals surface area contributed by atoms with Crippen molar-refractivity contribution in [2.45, 2.75) is 17.7 Å². The Morgan fingerprint density at radius 2 is 1.73 bits per heavy atom. The topological polar surface area (TPSA) is 80.5 Å². The molecule has 7 nitrogen and oxygen atoms in total. The molecule has 2 heterocycles. The standard InChI is InChI=1S/C28H32ClN5O2S/c1-33-14-16-34(17-15-33)25-6-2-5-24(19-25)32-23-8-10-26(11-9-23)37(35,36)31-13-3-4-21-20-30-28-12-7-22(29)18-27(21)28/h2,5-12,18-20,30-32H,3-4,13-17H2,1H3. The molecule has 0 bridgehead atoms. The van der Waals surface area contributed by atoms with Crippen LogP contribution in [-0.4, -0.2) is 58.1 Å². The Morgan fingerprint density at radius 1 is 0.946 bits per heavy atom. The number of piperazine rings is 1. The zero-order chi connectivity index (χ0) is 25.8. The van der Waals surface area contributed by atoms with Crippen molar-refractivity contribution in [1.82, 2.24) is 14.6 Å². The Bertz CT molecular complexity index is 1460. The molecule has 1 aromatic heterocycles. The summed E-state index contributed by atoms with van der Waals surface area (Å²) >= 11 is 6.12. The van der Waals surface area contributed by atoms with Crippen molar-refractivity contribution in [3.63, 3.8) is 0 Å². The molecule has 0 unspecified atom stereocenters. The predicted molar refractivity (Wildman–Crippen MR) is 153 cm³/mol. The highest BCUT2D eigenvalue weighted by atomic mass is 35.5. The third-order valence-electron chi connectivity index (χ3n) is 6.81. The highest BCUT2D eigenvalue weighted by Gasteiger charge is 2.15. The molecule has 1 saturated heterocycles. The number of H-pyrrole nitrogens is 1. The lowest BCUT2D eigenvalue weighted by atomic mass is 10.1. The number of fused-ring (bicyclic) bond motifs is 1. The van der Waals surface area contributed by atoms with Crippen LogP contribution < -0.4 is 14.9 Å². The van der Waals surface area contributed by atoms with Crippen molar-refractivity contribution in [3.8, 4) is 0 Å². The lowest BCUT2D eigenvalue weighted by Crippen LogP contribution is -2.44. The van der Waals surface area contributed by atoms with E-state index in [4.69, 9.17) is 11.6 Å². The number of likely N-dealkylation sites (N-methyl/N-ethyl adjacent to an activating group) is 1. The molecule has 0 atom stereocenters. The van der Waals surface area contributed by atoms with Crippen LogP contribution in [0.4, 0.5) is 17.1 Å². The first kappa shape index (κ1) is 25.6. The fourth-order valence-electron chi connectivity index (χ4n) is 4.66. The summed E-state index contributed by atoms with van der Waals surface area (Å²) in [7, 11) is -1.43. The van der Waals surface area contributed by atoms with Crippen LogP contribution in [0.1, 0.15) is 12.0 Å². The maximum Gasteiger partial charge on any atom is 0.240 e. The molecule has 0 radical (unpaired) electrons. The molecular weight excluding hydrogens is 506 g/mol. The van der Waals surface area contributed by atoms with E-state index in [1.165, 1.54) is 5.69 Å². The molecule has 3 aromatic carbocycles. The summed E-state index contributed by atoms with van der Waals surface area (Å²) in [4.78, 5) is 8.21. The Hall–Kier alpha value is -3.04. The van der Waals surface area contributed by atoms with E-state index >= 15 is 0 Å². The normalized spacial score (nSPS) is 14.8. The van der Waals surface area contributed by atoms with Crippen molar-refractivity contribution >= 4 is 49.6 Å². The lowest BCUT2D eigenvalue weighted by Gasteiger charge is -2.34. The zero-order valence-corrected chi connectivity index (χ0v) is 22.4. The number of aryl methyl sites for hydroxylation is 1. The molecular formula is C28H32ClN5O2S. The van der Waals surface area contributed by atoms with E-state index in [1.54, 1.807) is 24.3 Å². The smallest absolute Gasteiger partial charge is 0.240 e. The van der Waals surface area contributed by atoms with E-state index in [-0.39, 0.29) is 4.90 Å². The van der Waals surface area contributed by atoms with Crippen molar-refractivity contribution in [3.05, 3.63) is 83.5 Å². The number of anilines is 3. The minimum atomic E-state index is -3.58. The second-order valence-corrected chi connectivity index (χ2v) is 11.7. The van der Waals surface area contributed by atoms with Crippen molar-refractivity contribution in [2.75, 3.05) is 50.0 Å². The summed E-state index contributed by atoms with van der Waals surface area (Å²) in [6.07, 6.45) is 3.39. The summed E-state index contributed by atoms with van der Waals surface area (Å²) in [5.74, 6) is 0. The highest BCUT2D eigenvalue weighted by molar-refractivity contribution is 7.89. The first-order chi connectivity index (χ1) is 17.9. The van der Waals surface area contributed by atoms with Gasteiger partial charge in [0.1, 0.15) is 0 Å². The van der Waals surface area contributed by atoms with E-state index in [0.29, 0.717) is 18.0 Å². The summed E-state index contributed by atoms with van der Waals surface area (Å²) in [6, 6.07) is 20.9. The summed E-state index contributed by atoms with van der Waals surface area (Å²) in [5, 5.41) is 5.16. The van der Waals surface area contributed by atoms with Crippen LogP contribution in [0.3, 0.4) is 0 Å². The van der Waals surface area contributed by atoms with Crippen molar-refractivity contribution < 1.29 is 8.42 Å². The van der Waals surface area contributed by atoms with E-state index in [2.05, 4.69) is 44.0 Å². The Balaban J connectivity index is 1.15. The van der Waals surface area contributed by atoms with Gasteiger partial charge in [-0.15, -0.1) is 0 Å². The number of sulfonamides is 1. The minimum Gasteiger partial charge on any atom is -0.369 e. The third kappa shape index (κ3) is 6.27. The molecule has 1 aliphatic rings. The van der Waals surface area contributed by atoms with Crippen molar-refractivity contribution in [1.29, 1.82) is 0 Å². The maximum atomic E-state index is 12.8. The fourth-order valence-corrected chi connectivity index (χ4v) is 5.90. The maximum absolute atomic E-state index is 12.8. The average Bonchev–Trinajstić information content (AvgIpc) is 3.29. The second-order valence-electron chi connectivity index (χ2n) is 9.50. The van der Waals surface area contributed by atoms with Gasteiger partial charge in [0.05, 0.1) is 4.90 Å². The van der Waals surface area contributed by atoms with Gasteiger partial charge in [-0.05, 0) is 86.1 Å². The SMILES string of the molecule is CN1CCN(c2cccc(Nc3ccc(S(=O)(=O)NCCCc4c[nH]c5ccc(Cl)cc45)cc3)c2)CC1. The van der Waals surface area contributed by atoms with Gasteiger partial charge in [-0.2, -0.15) is 0 Å². The van der Waals surface area contributed by atoms with E-state index in [0.717, 1.165) is 60.4 Å². The highest BCUT2D eigenvalue weighted by Crippen LogP contribution is 2.25. The van der Waals surface area contributed by atoms with E-state index in [1.807, 2.05) is 36.5 Å². The number of nitrogens with zero attached hydrogens (tertiary/aromatic N) is 2. The number of halogens is 1. The summed E-state index contributed by atoms with van der Waals surface area (Å²) in [5.41, 5.74) is 5.16. The van der Waals surface area contributed by atoms with Crippen LogP contribution in [0, 0.1) is 0 Å². The molecule has 5 rings (SSSR count). The molecule has 9 heteroatoms. The molecule has 1 fully saturated rings. The number of hydrogen-bond acceptors (Lipinski definition) is 5. The Morgan fingerprint density at radius 3 is 2.51 bits per heavy atom. The van der Waals surface area contributed by atoms with Gasteiger partial charge >= 0.3 is 0 Å².